The second kappa shape index (κ2) is 7.25. The number of aliphatic hydroxyl groups excluding tert-OH is 1. The minimum atomic E-state index is -0.698. The van der Waals surface area contributed by atoms with Crippen LogP contribution in [0.2, 0.25) is 0 Å². The molecule has 29 heavy (non-hydrogen) atoms. The van der Waals surface area contributed by atoms with Crippen molar-refractivity contribution < 1.29 is 19.1 Å². The van der Waals surface area contributed by atoms with E-state index in [2.05, 4.69) is 4.98 Å². The van der Waals surface area contributed by atoms with Gasteiger partial charge in [-0.1, -0.05) is 18.2 Å². The summed E-state index contributed by atoms with van der Waals surface area (Å²) < 4.78 is 5.27. The third-order valence-electron chi connectivity index (χ3n) is 5.30. The van der Waals surface area contributed by atoms with E-state index in [1.54, 1.807) is 11.0 Å². The molecule has 0 saturated heterocycles. The number of aromatic amines is 1. The molecule has 0 bridgehead atoms. The van der Waals surface area contributed by atoms with Crippen molar-refractivity contribution in [2.75, 3.05) is 27.2 Å². The van der Waals surface area contributed by atoms with Crippen LogP contribution >= 0.6 is 0 Å². The highest BCUT2D eigenvalue weighted by molar-refractivity contribution is 6.15. The molecule has 2 N–H and O–H groups in total. The first-order chi connectivity index (χ1) is 13.9. The van der Waals surface area contributed by atoms with Crippen molar-refractivity contribution in [3.63, 3.8) is 0 Å². The van der Waals surface area contributed by atoms with Crippen molar-refractivity contribution in [2.45, 2.75) is 13.0 Å². The van der Waals surface area contributed by atoms with Crippen molar-refractivity contribution in [3.8, 4) is 0 Å². The number of nitrogens with zero attached hydrogens (tertiary/aromatic N) is 2. The van der Waals surface area contributed by atoms with E-state index in [-0.39, 0.29) is 11.3 Å². The molecular weight excluding hydrogens is 370 g/mol. The Morgan fingerprint density at radius 2 is 2.00 bits per heavy atom. The number of para-hydroxylation sites is 1. The zero-order chi connectivity index (χ0) is 20.7. The number of carbonyl (C=O) groups excluding carboxylic acids is 2. The summed E-state index contributed by atoms with van der Waals surface area (Å²) in [5.41, 5.74) is 2.62. The molecule has 3 heterocycles. The molecule has 2 aromatic heterocycles. The molecule has 4 rings (SSSR count). The van der Waals surface area contributed by atoms with Gasteiger partial charge in [0.2, 0.25) is 5.78 Å². The predicted molar refractivity (Wildman–Crippen MR) is 109 cm³/mol. The van der Waals surface area contributed by atoms with E-state index in [1.165, 1.54) is 12.3 Å². The average molecular weight is 393 g/mol. The number of hydrogen-bond acceptors (Lipinski definition) is 5. The molecule has 1 amide bonds. The van der Waals surface area contributed by atoms with Crippen LogP contribution in [0.15, 0.2) is 58.4 Å². The predicted octanol–water partition coefficient (Wildman–Crippen LogP) is 3.21. The molecule has 0 aliphatic carbocycles. The van der Waals surface area contributed by atoms with Crippen LogP contribution in [0.1, 0.15) is 27.9 Å². The largest absolute Gasteiger partial charge is 0.503 e. The molecule has 3 aromatic rings. The SMILES string of the molecule is Cc1[nH]c2ccccc2c1C1C(C(=O)c2ccco2)=C(O)C(=O)N1CCN(C)C. The highest BCUT2D eigenvalue weighted by Crippen LogP contribution is 2.42. The standard InChI is InChI=1S/C22H23N3O4/c1-13-17(14-7-4-5-8-15(14)23-13)19-18(20(26)16-9-6-12-29-16)21(27)22(28)25(19)11-10-24(2)3/h4-9,12,19,23,27H,10-11H2,1-3H3. The zero-order valence-electron chi connectivity index (χ0n) is 16.6. The lowest BCUT2D eigenvalue weighted by Crippen LogP contribution is -2.36. The van der Waals surface area contributed by atoms with Crippen LogP contribution in [0.3, 0.4) is 0 Å². The molecular formula is C22H23N3O4. The Hall–Kier alpha value is -3.32. The number of aliphatic hydroxyl groups is 1. The number of aryl methyl sites for hydroxylation is 1. The van der Waals surface area contributed by atoms with Crippen LogP contribution in [0.5, 0.6) is 0 Å². The van der Waals surface area contributed by atoms with E-state index in [0.717, 1.165) is 22.2 Å². The Morgan fingerprint density at radius 1 is 1.24 bits per heavy atom. The van der Waals surface area contributed by atoms with Gasteiger partial charge in [0.1, 0.15) is 0 Å². The van der Waals surface area contributed by atoms with Crippen molar-refractivity contribution >= 4 is 22.6 Å². The van der Waals surface area contributed by atoms with Gasteiger partial charge in [0.05, 0.1) is 17.9 Å². The number of fused-ring (bicyclic) bond motifs is 1. The Bertz CT molecular complexity index is 1110. The van der Waals surface area contributed by atoms with Crippen LogP contribution in [-0.2, 0) is 4.79 Å². The fourth-order valence-corrected chi connectivity index (χ4v) is 3.92. The van der Waals surface area contributed by atoms with Gasteiger partial charge in [-0.3, -0.25) is 9.59 Å². The molecule has 1 unspecified atom stereocenters. The Morgan fingerprint density at radius 3 is 2.69 bits per heavy atom. The summed E-state index contributed by atoms with van der Waals surface area (Å²) in [4.78, 5) is 33.0. The van der Waals surface area contributed by atoms with Crippen molar-refractivity contribution in [3.05, 3.63) is 71.0 Å². The van der Waals surface area contributed by atoms with Gasteiger partial charge in [0.15, 0.2) is 11.5 Å². The first-order valence-corrected chi connectivity index (χ1v) is 9.44. The van der Waals surface area contributed by atoms with Crippen LogP contribution in [0.4, 0.5) is 0 Å². The highest BCUT2D eigenvalue weighted by Gasteiger charge is 2.45. The number of Topliss-reactive ketones (excluding diaryl/α,β-unsaturated/α-hetero) is 1. The summed E-state index contributed by atoms with van der Waals surface area (Å²) in [7, 11) is 3.82. The third kappa shape index (κ3) is 3.13. The van der Waals surface area contributed by atoms with Gasteiger partial charge in [-0.25, -0.2) is 0 Å². The van der Waals surface area contributed by atoms with E-state index in [0.29, 0.717) is 13.1 Å². The number of likely N-dealkylation sites (N-methyl/N-ethyl adjacent to an activating group) is 1. The summed E-state index contributed by atoms with van der Waals surface area (Å²) >= 11 is 0. The van der Waals surface area contributed by atoms with E-state index in [4.69, 9.17) is 4.42 Å². The zero-order valence-corrected chi connectivity index (χ0v) is 16.6. The van der Waals surface area contributed by atoms with E-state index < -0.39 is 23.5 Å². The Labute approximate surface area is 168 Å². The van der Waals surface area contributed by atoms with Gasteiger partial charge in [-0.2, -0.15) is 0 Å². The number of hydrogen-bond donors (Lipinski definition) is 2. The summed E-state index contributed by atoms with van der Waals surface area (Å²) in [5, 5.41) is 11.6. The smallest absolute Gasteiger partial charge is 0.290 e. The minimum absolute atomic E-state index is 0.0524. The van der Waals surface area contributed by atoms with Gasteiger partial charge < -0.3 is 24.3 Å². The number of nitrogens with one attached hydrogen (secondary N) is 1. The number of ketones is 1. The maximum absolute atomic E-state index is 13.2. The molecule has 150 valence electrons. The fourth-order valence-electron chi connectivity index (χ4n) is 3.92. The lowest BCUT2D eigenvalue weighted by molar-refractivity contribution is -0.129. The molecule has 1 aliphatic heterocycles. The molecule has 1 atom stereocenters. The van der Waals surface area contributed by atoms with Gasteiger partial charge in [-0.05, 0) is 39.2 Å². The Kier molecular flexibility index (Phi) is 4.76. The van der Waals surface area contributed by atoms with Crippen LogP contribution in [-0.4, -0.2) is 58.8 Å². The van der Waals surface area contributed by atoms with Gasteiger partial charge in [-0.15, -0.1) is 0 Å². The maximum atomic E-state index is 13.2. The summed E-state index contributed by atoms with van der Waals surface area (Å²) in [6, 6.07) is 10.2. The normalized spacial score (nSPS) is 17.2. The molecule has 0 radical (unpaired) electrons. The number of furan rings is 1. The highest BCUT2D eigenvalue weighted by atomic mass is 16.3. The molecule has 0 fully saturated rings. The second-order valence-electron chi connectivity index (χ2n) is 7.48. The number of aromatic nitrogens is 1. The Balaban J connectivity index is 1.89. The quantitative estimate of drug-likeness (QED) is 0.628. The number of benzene rings is 1. The number of carbonyl (C=O) groups is 2. The summed E-state index contributed by atoms with van der Waals surface area (Å²) in [6.45, 7) is 2.88. The van der Waals surface area contributed by atoms with E-state index in [1.807, 2.05) is 50.2 Å². The first kappa shape index (κ1) is 19.0. The van der Waals surface area contributed by atoms with Crippen molar-refractivity contribution in [1.82, 2.24) is 14.8 Å². The van der Waals surface area contributed by atoms with Gasteiger partial charge >= 0.3 is 0 Å². The molecule has 7 heteroatoms. The van der Waals surface area contributed by atoms with Crippen molar-refractivity contribution in [2.24, 2.45) is 0 Å². The monoisotopic (exact) mass is 393 g/mol. The van der Waals surface area contributed by atoms with E-state index >= 15 is 0 Å². The van der Waals surface area contributed by atoms with Crippen LogP contribution in [0.25, 0.3) is 10.9 Å². The lowest BCUT2D eigenvalue weighted by atomic mass is 9.93. The second-order valence-corrected chi connectivity index (χ2v) is 7.48. The minimum Gasteiger partial charge on any atom is -0.503 e. The number of H-pyrrole nitrogens is 1. The molecule has 1 aromatic carbocycles. The summed E-state index contributed by atoms with van der Waals surface area (Å²) in [5.74, 6) is -1.45. The van der Waals surface area contributed by atoms with Gasteiger partial charge in [0.25, 0.3) is 5.91 Å². The van der Waals surface area contributed by atoms with Crippen LogP contribution in [0, 0.1) is 6.92 Å². The first-order valence-electron chi connectivity index (χ1n) is 9.44. The topological polar surface area (TPSA) is 89.8 Å². The van der Waals surface area contributed by atoms with Crippen molar-refractivity contribution in [1.29, 1.82) is 0 Å². The fraction of sp³-hybridized carbons (Fsp3) is 0.273. The van der Waals surface area contributed by atoms with Crippen LogP contribution < -0.4 is 0 Å². The lowest BCUT2D eigenvalue weighted by Gasteiger charge is -2.28. The number of rotatable bonds is 6. The molecule has 1 aliphatic rings. The third-order valence-corrected chi connectivity index (χ3v) is 5.30. The molecule has 0 spiro atoms. The average Bonchev–Trinajstić information content (AvgIpc) is 3.38. The van der Waals surface area contributed by atoms with E-state index in [9.17, 15) is 14.7 Å². The molecule has 7 nitrogen and oxygen atoms in total. The summed E-state index contributed by atoms with van der Waals surface area (Å²) in [6.07, 6.45) is 1.40. The number of amides is 1. The maximum Gasteiger partial charge on any atom is 0.290 e. The van der Waals surface area contributed by atoms with Gasteiger partial charge in [0, 0.05) is 35.2 Å². The molecule has 0 saturated carbocycles.